The van der Waals surface area contributed by atoms with Crippen LogP contribution in [0.25, 0.3) is 0 Å². The first-order chi connectivity index (χ1) is 9.13. The number of nitrogens with two attached hydrogens (primary N) is 1. The van der Waals surface area contributed by atoms with Crippen molar-refractivity contribution in [2.45, 2.75) is 18.9 Å². The van der Waals surface area contributed by atoms with Gasteiger partial charge in [0.2, 0.25) is 5.91 Å². The smallest absolute Gasteiger partial charge is 0.236 e. The van der Waals surface area contributed by atoms with Crippen LogP contribution in [0.4, 0.5) is 5.69 Å². The van der Waals surface area contributed by atoms with Crippen LogP contribution in [0.3, 0.4) is 0 Å². The van der Waals surface area contributed by atoms with Crippen LogP contribution in [0, 0.1) is 0 Å². The van der Waals surface area contributed by atoms with Crippen molar-refractivity contribution in [1.29, 1.82) is 0 Å². The highest BCUT2D eigenvalue weighted by Gasteiger charge is 2.25. The van der Waals surface area contributed by atoms with Gasteiger partial charge in [0.15, 0.2) is 0 Å². The number of anilines is 1. The van der Waals surface area contributed by atoms with Crippen molar-refractivity contribution in [3.05, 3.63) is 28.7 Å². The summed E-state index contributed by atoms with van der Waals surface area (Å²) in [5, 5.41) is 0. The summed E-state index contributed by atoms with van der Waals surface area (Å²) in [5.74, 6) is 0.0574. The zero-order chi connectivity index (χ0) is 13.8. The minimum absolute atomic E-state index is 0.0574. The minimum Gasteiger partial charge on any atom is -0.371 e. The molecule has 0 spiro atoms. The molecular weight excluding hydrogens is 306 g/mol. The first-order valence-electron chi connectivity index (χ1n) is 6.58. The molecule has 2 rings (SSSR count). The second kappa shape index (κ2) is 6.39. The van der Waals surface area contributed by atoms with Crippen molar-refractivity contribution in [3.63, 3.8) is 0 Å². The lowest BCUT2D eigenvalue weighted by atomic mass is 10.0. The van der Waals surface area contributed by atoms with Crippen molar-refractivity contribution < 1.29 is 4.79 Å². The number of carbonyl (C=O) groups excluding carboxylic acids is 1. The van der Waals surface area contributed by atoms with Gasteiger partial charge in [-0.25, -0.2) is 0 Å². The van der Waals surface area contributed by atoms with Gasteiger partial charge in [0.25, 0.3) is 0 Å². The Hall–Kier alpha value is -1.07. The second-order valence-corrected chi connectivity index (χ2v) is 5.73. The molecule has 0 bridgehead atoms. The fraction of sp³-hybridized carbons (Fsp3) is 0.500. The monoisotopic (exact) mass is 325 g/mol. The highest BCUT2D eigenvalue weighted by molar-refractivity contribution is 9.10. The number of hydrogen-bond acceptors (Lipinski definition) is 3. The summed E-state index contributed by atoms with van der Waals surface area (Å²) in [4.78, 5) is 15.7. The van der Waals surface area contributed by atoms with Gasteiger partial charge in [0, 0.05) is 30.7 Å². The quantitative estimate of drug-likeness (QED) is 0.922. The van der Waals surface area contributed by atoms with E-state index in [2.05, 4.69) is 40.0 Å². The van der Waals surface area contributed by atoms with Crippen molar-refractivity contribution in [2.75, 3.05) is 31.6 Å². The van der Waals surface area contributed by atoms with Gasteiger partial charge in [-0.15, -0.1) is 0 Å². The van der Waals surface area contributed by atoms with Gasteiger partial charge in [-0.2, -0.15) is 0 Å². The van der Waals surface area contributed by atoms with E-state index in [0.717, 1.165) is 30.4 Å². The third-order valence-corrected chi connectivity index (χ3v) is 4.44. The number of nitrogens with zero attached hydrogens (tertiary/aromatic N) is 2. The highest BCUT2D eigenvalue weighted by Crippen LogP contribution is 2.28. The van der Waals surface area contributed by atoms with E-state index in [1.54, 1.807) is 0 Å². The van der Waals surface area contributed by atoms with Crippen LogP contribution in [0.2, 0.25) is 0 Å². The van der Waals surface area contributed by atoms with Crippen LogP contribution in [0.15, 0.2) is 28.7 Å². The zero-order valence-electron chi connectivity index (χ0n) is 11.2. The van der Waals surface area contributed by atoms with Crippen LogP contribution in [-0.4, -0.2) is 43.5 Å². The second-order valence-electron chi connectivity index (χ2n) is 4.88. The SMILES string of the molecule is CN(c1ccccc1Br)C1CCN(C(=O)CN)CC1. The summed E-state index contributed by atoms with van der Waals surface area (Å²) in [6.07, 6.45) is 1.98. The molecule has 0 aromatic heterocycles. The lowest BCUT2D eigenvalue weighted by molar-refractivity contribution is -0.130. The average Bonchev–Trinajstić information content (AvgIpc) is 2.46. The third kappa shape index (κ3) is 3.28. The summed E-state index contributed by atoms with van der Waals surface area (Å²) in [7, 11) is 2.12. The molecule has 0 saturated carbocycles. The number of benzene rings is 1. The van der Waals surface area contributed by atoms with Gasteiger partial charge in [-0.1, -0.05) is 12.1 Å². The van der Waals surface area contributed by atoms with Crippen molar-refractivity contribution in [1.82, 2.24) is 4.90 Å². The Balaban J connectivity index is 1.98. The number of para-hydroxylation sites is 1. The van der Waals surface area contributed by atoms with Gasteiger partial charge < -0.3 is 15.5 Å². The van der Waals surface area contributed by atoms with E-state index in [1.807, 2.05) is 17.0 Å². The standard InChI is InChI=1S/C14H20BrN3O/c1-17(13-5-3-2-4-12(13)15)11-6-8-18(9-7-11)14(19)10-16/h2-5,11H,6-10,16H2,1H3. The maximum absolute atomic E-state index is 11.5. The van der Waals surface area contributed by atoms with E-state index in [9.17, 15) is 4.79 Å². The predicted molar refractivity (Wildman–Crippen MR) is 81.2 cm³/mol. The van der Waals surface area contributed by atoms with E-state index >= 15 is 0 Å². The molecule has 0 unspecified atom stereocenters. The van der Waals surface area contributed by atoms with Crippen LogP contribution >= 0.6 is 15.9 Å². The van der Waals surface area contributed by atoms with Gasteiger partial charge in [-0.05, 0) is 40.9 Å². The highest BCUT2D eigenvalue weighted by atomic mass is 79.9. The lowest BCUT2D eigenvalue weighted by Gasteiger charge is -2.38. The molecular formula is C14H20BrN3O. The molecule has 104 valence electrons. The number of amides is 1. The number of piperidine rings is 1. The van der Waals surface area contributed by atoms with Gasteiger partial charge in [-0.3, -0.25) is 4.79 Å². The average molecular weight is 326 g/mol. The number of likely N-dealkylation sites (tertiary alicyclic amines) is 1. The molecule has 4 nitrogen and oxygen atoms in total. The van der Waals surface area contributed by atoms with E-state index in [0.29, 0.717) is 6.04 Å². The van der Waals surface area contributed by atoms with E-state index in [4.69, 9.17) is 5.73 Å². The molecule has 5 heteroatoms. The maximum Gasteiger partial charge on any atom is 0.236 e. The summed E-state index contributed by atoms with van der Waals surface area (Å²) in [6.45, 7) is 1.72. The summed E-state index contributed by atoms with van der Waals surface area (Å²) >= 11 is 3.59. The topological polar surface area (TPSA) is 49.6 Å². The Morgan fingerprint density at radius 2 is 2.05 bits per heavy atom. The summed E-state index contributed by atoms with van der Waals surface area (Å²) in [6, 6.07) is 8.70. The molecule has 1 aromatic rings. The van der Waals surface area contributed by atoms with Gasteiger partial charge in [0.05, 0.1) is 12.2 Å². The van der Waals surface area contributed by atoms with E-state index < -0.39 is 0 Å². The van der Waals surface area contributed by atoms with Crippen LogP contribution < -0.4 is 10.6 Å². The number of carbonyl (C=O) groups is 1. The molecule has 1 aromatic carbocycles. The molecule has 1 heterocycles. The molecule has 0 atom stereocenters. The Bertz CT molecular complexity index is 444. The Morgan fingerprint density at radius 1 is 1.42 bits per heavy atom. The normalized spacial score (nSPS) is 16.5. The largest absolute Gasteiger partial charge is 0.371 e. The van der Waals surface area contributed by atoms with Crippen LogP contribution in [-0.2, 0) is 4.79 Å². The molecule has 1 amide bonds. The first kappa shape index (κ1) is 14.3. The molecule has 1 aliphatic rings. The Morgan fingerprint density at radius 3 is 2.63 bits per heavy atom. The first-order valence-corrected chi connectivity index (χ1v) is 7.38. The molecule has 1 aliphatic heterocycles. The van der Waals surface area contributed by atoms with Gasteiger partial charge >= 0.3 is 0 Å². The van der Waals surface area contributed by atoms with Crippen molar-refractivity contribution in [3.8, 4) is 0 Å². The lowest BCUT2D eigenvalue weighted by Crippen LogP contribution is -2.47. The third-order valence-electron chi connectivity index (χ3n) is 3.77. The molecule has 1 saturated heterocycles. The van der Waals surface area contributed by atoms with E-state index in [-0.39, 0.29) is 12.5 Å². The Kier molecular flexibility index (Phi) is 4.82. The maximum atomic E-state index is 11.5. The molecule has 1 fully saturated rings. The number of halogens is 1. The van der Waals surface area contributed by atoms with Crippen molar-refractivity contribution >= 4 is 27.5 Å². The van der Waals surface area contributed by atoms with Crippen molar-refractivity contribution in [2.24, 2.45) is 5.73 Å². The number of hydrogen-bond donors (Lipinski definition) is 1. The molecule has 0 radical (unpaired) electrons. The zero-order valence-corrected chi connectivity index (χ0v) is 12.8. The minimum atomic E-state index is 0.0574. The molecule has 2 N–H and O–H groups in total. The van der Waals surface area contributed by atoms with E-state index in [1.165, 1.54) is 5.69 Å². The fourth-order valence-electron chi connectivity index (χ4n) is 2.57. The van der Waals surface area contributed by atoms with Crippen LogP contribution in [0.5, 0.6) is 0 Å². The predicted octanol–water partition coefficient (Wildman–Crippen LogP) is 1.83. The fourth-order valence-corrected chi connectivity index (χ4v) is 3.13. The number of rotatable bonds is 3. The Labute approximate surface area is 122 Å². The van der Waals surface area contributed by atoms with Crippen LogP contribution in [0.1, 0.15) is 12.8 Å². The molecule has 19 heavy (non-hydrogen) atoms. The van der Waals surface area contributed by atoms with Gasteiger partial charge in [0.1, 0.15) is 0 Å². The molecule has 0 aliphatic carbocycles. The summed E-state index contributed by atoms with van der Waals surface area (Å²) in [5.41, 5.74) is 6.60. The summed E-state index contributed by atoms with van der Waals surface area (Å²) < 4.78 is 1.11.